The fourth-order valence-corrected chi connectivity index (χ4v) is 4.27. The van der Waals surface area contributed by atoms with Crippen molar-refractivity contribution in [1.29, 1.82) is 0 Å². The van der Waals surface area contributed by atoms with E-state index < -0.39 is 6.04 Å². The van der Waals surface area contributed by atoms with Crippen molar-refractivity contribution in [3.05, 3.63) is 69.1 Å². The quantitative estimate of drug-likeness (QED) is 0.698. The summed E-state index contributed by atoms with van der Waals surface area (Å²) < 4.78 is 1.85. The standard InChI is InChI=1S/C25H34N2O3/c1-2-3-15-27-23-14-10-5-4-9-13-20(23)17-22(25(27)30)24(29)26-21(18-28)16-19-11-7-6-8-12-19/h6-8,11-12,17,21,28H,2-5,9-10,13-16,18H2,1H3,(H,26,29)/t21-/m0/s1. The van der Waals surface area contributed by atoms with Crippen molar-refractivity contribution in [3.63, 3.8) is 0 Å². The molecule has 1 amide bonds. The number of aliphatic hydroxyl groups is 1. The van der Waals surface area contributed by atoms with Crippen LogP contribution in [0.2, 0.25) is 0 Å². The molecule has 1 aromatic carbocycles. The van der Waals surface area contributed by atoms with Crippen molar-refractivity contribution < 1.29 is 9.90 Å². The van der Waals surface area contributed by atoms with Gasteiger partial charge in [-0.25, -0.2) is 0 Å². The van der Waals surface area contributed by atoms with Gasteiger partial charge in [-0.15, -0.1) is 0 Å². The Bertz CT molecular complexity index is 889. The van der Waals surface area contributed by atoms with Crippen molar-refractivity contribution in [2.24, 2.45) is 0 Å². The first-order chi connectivity index (χ1) is 14.6. The molecule has 5 heteroatoms. The van der Waals surface area contributed by atoms with Crippen molar-refractivity contribution in [2.45, 2.75) is 77.3 Å². The van der Waals surface area contributed by atoms with Gasteiger partial charge in [0.25, 0.3) is 11.5 Å². The van der Waals surface area contributed by atoms with E-state index in [1.165, 1.54) is 12.8 Å². The molecule has 1 aliphatic carbocycles. The lowest BCUT2D eigenvalue weighted by Gasteiger charge is -2.22. The van der Waals surface area contributed by atoms with E-state index >= 15 is 0 Å². The topological polar surface area (TPSA) is 71.3 Å². The Morgan fingerprint density at radius 3 is 2.57 bits per heavy atom. The zero-order valence-corrected chi connectivity index (χ0v) is 18.0. The minimum absolute atomic E-state index is 0.171. The summed E-state index contributed by atoms with van der Waals surface area (Å²) in [5, 5.41) is 12.7. The van der Waals surface area contributed by atoms with Gasteiger partial charge in [0.15, 0.2) is 0 Å². The van der Waals surface area contributed by atoms with Crippen LogP contribution in [0.1, 0.15) is 72.6 Å². The third-order valence-corrected chi connectivity index (χ3v) is 5.96. The second kappa shape index (κ2) is 11.1. The predicted molar refractivity (Wildman–Crippen MR) is 120 cm³/mol. The highest BCUT2D eigenvalue weighted by molar-refractivity contribution is 5.94. The van der Waals surface area contributed by atoms with E-state index in [9.17, 15) is 14.7 Å². The third-order valence-electron chi connectivity index (χ3n) is 5.96. The van der Waals surface area contributed by atoms with Crippen LogP contribution in [0, 0.1) is 0 Å². The molecule has 0 unspecified atom stereocenters. The van der Waals surface area contributed by atoms with Gasteiger partial charge in [-0.2, -0.15) is 0 Å². The lowest BCUT2D eigenvalue weighted by molar-refractivity contribution is 0.0914. The summed E-state index contributed by atoms with van der Waals surface area (Å²) in [7, 11) is 0. The Morgan fingerprint density at radius 2 is 1.87 bits per heavy atom. The van der Waals surface area contributed by atoms with Crippen LogP contribution in [-0.4, -0.2) is 28.2 Å². The summed E-state index contributed by atoms with van der Waals surface area (Å²) in [5.41, 5.74) is 3.30. The fraction of sp³-hybridized carbons (Fsp3) is 0.520. The summed E-state index contributed by atoms with van der Waals surface area (Å²) in [6, 6.07) is 11.1. The second-order valence-electron chi connectivity index (χ2n) is 8.30. The monoisotopic (exact) mass is 410 g/mol. The van der Waals surface area contributed by atoms with Crippen LogP contribution in [0.25, 0.3) is 0 Å². The van der Waals surface area contributed by atoms with E-state index in [-0.39, 0.29) is 23.6 Å². The van der Waals surface area contributed by atoms with Crippen molar-refractivity contribution in [3.8, 4) is 0 Å². The number of benzene rings is 1. The lowest BCUT2D eigenvalue weighted by atomic mass is 9.95. The van der Waals surface area contributed by atoms with Crippen LogP contribution in [0.15, 0.2) is 41.2 Å². The van der Waals surface area contributed by atoms with E-state index in [0.29, 0.717) is 13.0 Å². The maximum absolute atomic E-state index is 13.3. The smallest absolute Gasteiger partial charge is 0.263 e. The number of fused-ring (bicyclic) bond motifs is 1. The number of unbranched alkanes of at least 4 members (excludes halogenated alkanes) is 1. The maximum Gasteiger partial charge on any atom is 0.263 e. The average molecular weight is 411 g/mol. The minimum atomic E-state index is -0.426. The van der Waals surface area contributed by atoms with Gasteiger partial charge in [0, 0.05) is 12.2 Å². The van der Waals surface area contributed by atoms with Gasteiger partial charge >= 0.3 is 0 Å². The molecule has 0 fully saturated rings. The van der Waals surface area contributed by atoms with E-state index in [0.717, 1.165) is 55.3 Å². The molecule has 0 spiro atoms. The van der Waals surface area contributed by atoms with Gasteiger partial charge in [0.05, 0.1) is 12.6 Å². The molecule has 1 heterocycles. The van der Waals surface area contributed by atoms with Gasteiger partial charge < -0.3 is 15.0 Å². The maximum atomic E-state index is 13.3. The molecule has 1 aliphatic rings. The average Bonchev–Trinajstić information content (AvgIpc) is 2.74. The Hall–Kier alpha value is -2.40. The number of hydrogen-bond acceptors (Lipinski definition) is 3. The number of pyridine rings is 1. The highest BCUT2D eigenvalue weighted by Gasteiger charge is 2.22. The molecular formula is C25H34N2O3. The van der Waals surface area contributed by atoms with Gasteiger partial charge in [0.1, 0.15) is 5.56 Å². The molecule has 0 radical (unpaired) electrons. The SMILES string of the molecule is CCCCn1c2c(cc(C(=O)N[C@H](CO)Cc3ccccc3)c1=O)CCCCCC2. The first-order valence-corrected chi connectivity index (χ1v) is 11.3. The van der Waals surface area contributed by atoms with E-state index in [4.69, 9.17) is 0 Å². The molecule has 1 atom stereocenters. The van der Waals surface area contributed by atoms with Crippen LogP contribution < -0.4 is 10.9 Å². The normalized spacial score (nSPS) is 15.0. The van der Waals surface area contributed by atoms with Gasteiger partial charge in [-0.1, -0.05) is 56.5 Å². The number of amides is 1. The summed E-state index contributed by atoms with van der Waals surface area (Å²) in [4.78, 5) is 26.3. The number of hydrogen-bond donors (Lipinski definition) is 2. The Balaban J connectivity index is 1.88. The number of aromatic nitrogens is 1. The van der Waals surface area contributed by atoms with E-state index in [2.05, 4.69) is 12.2 Å². The van der Waals surface area contributed by atoms with Crippen molar-refractivity contribution in [2.75, 3.05) is 6.61 Å². The first-order valence-electron chi connectivity index (χ1n) is 11.3. The molecule has 2 N–H and O–H groups in total. The second-order valence-corrected chi connectivity index (χ2v) is 8.30. The summed E-state index contributed by atoms with van der Waals surface area (Å²) in [5.74, 6) is -0.384. The number of nitrogens with one attached hydrogen (secondary N) is 1. The molecule has 3 rings (SSSR count). The van der Waals surface area contributed by atoms with Crippen LogP contribution in [0.3, 0.4) is 0 Å². The van der Waals surface area contributed by atoms with Crippen molar-refractivity contribution >= 4 is 5.91 Å². The minimum Gasteiger partial charge on any atom is -0.394 e. The molecular weight excluding hydrogens is 376 g/mol. The number of aliphatic hydroxyl groups excluding tert-OH is 1. The molecule has 162 valence electrons. The molecule has 5 nitrogen and oxygen atoms in total. The zero-order chi connectivity index (χ0) is 21.3. The van der Waals surface area contributed by atoms with Crippen LogP contribution in [-0.2, 0) is 25.8 Å². The lowest BCUT2D eigenvalue weighted by Crippen LogP contribution is -2.42. The first kappa shape index (κ1) is 22.3. The molecule has 0 saturated heterocycles. The zero-order valence-electron chi connectivity index (χ0n) is 18.0. The molecule has 0 saturated carbocycles. The summed E-state index contributed by atoms with van der Waals surface area (Å²) >= 11 is 0. The van der Waals surface area contributed by atoms with Gasteiger partial charge in [0.2, 0.25) is 0 Å². The molecule has 30 heavy (non-hydrogen) atoms. The highest BCUT2D eigenvalue weighted by Crippen LogP contribution is 2.21. The van der Waals surface area contributed by atoms with Crippen LogP contribution >= 0.6 is 0 Å². The van der Waals surface area contributed by atoms with Crippen molar-refractivity contribution in [1.82, 2.24) is 9.88 Å². The third kappa shape index (κ3) is 5.60. The van der Waals surface area contributed by atoms with E-state index in [1.54, 1.807) is 0 Å². The molecule has 2 aromatic rings. The number of nitrogens with zero attached hydrogens (tertiary/aromatic N) is 1. The van der Waals surface area contributed by atoms with Gasteiger partial charge in [-0.05, 0) is 55.7 Å². The number of carbonyl (C=O) groups excluding carboxylic acids is 1. The highest BCUT2D eigenvalue weighted by atomic mass is 16.3. The Morgan fingerprint density at radius 1 is 1.13 bits per heavy atom. The number of rotatable bonds is 8. The Labute approximate surface area is 179 Å². The number of aryl methyl sites for hydroxylation is 1. The predicted octanol–water partition coefficient (Wildman–Crippen LogP) is 3.64. The van der Waals surface area contributed by atoms with E-state index in [1.807, 2.05) is 41.0 Å². The molecule has 1 aromatic heterocycles. The summed E-state index contributed by atoms with van der Waals surface area (Å²) in [6.45, 7) is 2.60. The summed E-state index contributed by atoms with van der Waals surface area (Å²) in [6.07, 6.45) is 8.84. The molecule has 0 bridgehead atoms. The fourth-order valence-electron chi connectivity index (χ4n) is 4.27. The number of carbonyl (C=O) groups is 1. The Kier molecular flexibility index (Phi) is 8.26. The largest absolute Gasteiger partial charge is 0.394 e. The molecule has 0 aliphatic heterocycles. The van der Waals surface area contributed by atoms with Gasteiger partial charge in [-0.3, -0.25) is 9.59 Å². The van der Waals surface area contributed by atoms with Crippen LogP contribution in [0.5, 0.6) is 0 Å². The van der Waals surface area contributed by atoms with Crippen LogP contribution in [0.4, 0.5) is 0 Å².